The molecule has 0 saturated carbocycles. The minimum Gasteiger partial charge on any atom is -0.347 e. The third-order valence-electron chi connectivity index (χ3n) is 2.95. The van der Waals surface area contributed by atoms with E-state index in [2.05, 4.69) is 10.9 Å². The second kappa shape index (κ2) is 6.26. The van der Waals surface area contributed by atoms with Crippen molar-refractivity contribution in [2.45, 2.75) is 6.54 Å². The van der Waals surface area contributed by atoms with Crippen molar-refractivity contribution in [1.29, 1.82) is 0 Å². The van der Waals surface area contributed by atoms with Crippen LogP contribution in [-0.2, 0) is 6.54 Å². The Balaban J connectivity index is 2.16. The molecule has 1 aliphatic rings. The van der Waals surface area contributed by atoms with Gasteiger partial charge in [0.1, 0.15) is 5.15 Å². The van der Waals surface area contributed by atoms with E-state index in [0.29, 0.717) is 37.2 Å². The second-order valence-electron chi connectivity index (χ2n) is 4.31. The van der Waals surface area contributed by atoms with E-state index in [9.17, 15) is 10.1 Å². The molecule has 2 rings (SSSR count). The molecule has 1 fully saturated rings. The molecule has 0 spiro atoms. The van der Waals surface area contributed by atoms with E-state index < -0.39 is 4.92 Å². The standard InChI is InChI=1S/C13H13ClN4O2/c1-2-5-16-6-7-17(13(16)10-18(19)20)9-11-3-4-12(14)15-8-11/h1,3-4,8,10H,5-7,9H2/b13-10+. The number of aromatic nitrogens is 1. The Kier molecular flexibility index (Phi) is 4.43. The number of rotatable bonds is 4. The molecular formula is C13H13ClN4O2. The van der Waals surface area contributed by atoms with Gasteiger partial charge < -0.3 is 9.80 Å². The normalized spacial score (nSPS) is 16.5. The number of hydrogen-bond donors (Lipinski definition) is 0. The van der Waals surface area contributed by atoms with Gasteiger partial charge in [0, 0.05) is 25.8 Å². The first kappa shape index (κ1) is 14.2. The molecule has 104 valence electrons. The zero-order chi connectivity index (χ0) is 14.5. The minimum atomic E-state index is -0.461. The van der Waals surface area contributed by atoms with Gasteiger partial charge >= 0.3 is 0 Å². The Morgan fingerprint density at radius 3 is 2.85 bits per heavy atom. The molecule has 0 aromatic carbocycles. The lowest BCUT2D eigenvalue weighted by Gasteiger charge is -2.21. The van der Waals surface area contributed by atoms with E-state index in [0.717, 1.165) is 11.8 Å². The van der Waals surface area contributed by atoms with Gasteiger partial charge in [0.15, 0.2) is 5.82 Å². The van der Waals surface area contributed by atoms with Gasteiger partial charge in [-0.15, -0.1) is 6.42 Å². The molecule has 0 radical (unpaired) electrons. The van der Waals surface area contributed by atoms with Gasteiger partial charge in [-0.25, -0.2) is 4.98 Å². The molecule has 2 heterocycles. The summed E-state index contributed by atoms with van der Waals surface area (Å²) in [4.78, 5) is 18.0. The average Bonchev–Trinajstić information content (AvgIpc) is 2.75. The van der Waals surface area contributed by atoms with E-state index in [1.54, 1.807) is 12.3 Å². The molecule has 1 aliphatic heterocycles. The lowest BCUT2D eigenvalue weighted by molar-refractivity contribution is -0.405. The number of nitrogens with zero attached hydrogens (tertiary/aromatic N) is 4. The maximum Gasteiger partial charge on any atom is 0.274 e. The molecule has 1 saturated heterocycles. The highest BCUT2D eigenvalue weighted by Gasteiger charge is 2.27. The van der Waals surface area contributed by atoms with Gasteiger partial charge in [-0.2, -0.15) is 0 Å². The van der Waals surface area contributed by atoms with Crippen molar-refractivity contribution in [3.8, 4) is 12.3 Å². The Labute approximate surface area is 121 Å². The molecule has 1 aromatic heterocycles. The van der Waals surface area contributed by atoms with Crippen LogP contribution in [0.15, 0.2) is 30.4 Å². The molecule has 7 heteroatoms. The van der Waals surface area contributed by atoms with Gasteiger partial charge in [0.05, 0.1) is 11.5 Å². The van der Waals surface area contributed by atoms with E-state index in [-0.39, 0.29) is 0 Å². The van der Waals surface area contributed by atoms with E-state index >= 15 is 0 Å². The molecule has 0 bridgehead atoms. The number of terminal acetylenes is 1. The molecule has 0 atom stereocenters. The van der Waals surface area contributed by atoms with Crippen molar-refractivity contribution in [2.75, 3.05) is 19.6 Å². The summed E-state index contributed by atoms with van der Waals surface area (Å²) in [6.07, 6.45) is 7.94. The average molecular weight is 293 g/mol. The van der Waals surface area contributed by atoms with Crippen molar-refractivity contribution in [3.63, 3.8) is 0 Å². The van der Waals surface area contributed by atoms with Crippen molar-refractivity contribution in [1.82, 2.24) is 14.8 Å². The summed E-state index contributed by atoms with van der Waals surface area (Å²) in [6, 6.07) is 3.55. The van der Waals surface area contributed by atoms with E-state index in [1.807, 2.05) is 15.9 Å². The van der Waals surface area contributed by atoms with Crippen LogP contribution in [0.1, 0.15) is 5.56 Å². The lowest BCUT2D eigenvalue weighted by Crippen LogP contribution is -2.24. The summed E-state index contributed by atoms with van der Waals surface area (Å²) >= 11 is 5.73. The van der Waals surface area contributed by atoms with Crippen LogP contribution in [0.3, 0.4) is 0 Å². The minimum absolute atomic E-state index is 0.356. The first-order valence-corrected chi connectivity index (χ1v) is 6.37. The topological polar surface area (TPSA) is 62.5 Å². The highest BCUT2D eigenvalue weighted by molar-refractivity contribution is 6.29. The summed E-state index contributed by atoms with van der Waals surface area (Å²) in [5.41, 5.74) is 0.936. The fraction of sp³-hybridized carbons (Fsp3) is 0.308. The molecule has 0 amide bonds. The fourth-order valence-electron chi connectivity index (χ4n) is 2.08. The van der Waals surface area contributed by atoms with Crippen molar-refractivity contribution in [3.05, 3.63) is 51.2 Å². The summed E-state index contributed by atoms with van der Waals surface area (Å²) < 4.78 is 0. The zero-order valence-corrected chi connectivity index (χ0v) is 11.5. The van der Waals surface area contributed by atoms with E-state index in [4.69, 9.17) is 18.0 Å². The number of hydrogen-bond acceptors (Lipinski definition) is 5. The van der Waals surface area contributed by atoms with Crippen molar-refractivity contribution >= 4 is 11.6 Å². The Bertz CT molecular complexity index is 565. The largest absolute Gasteiger partial charge is 0.347 e. The summed E-state index contributed by atoms with van der Waals surface area (Å²) in [5.74, 6) is 3.04. The van der Waals surface area contributed by atoms with E-state index in [1.165, 1.54) is 0 Å². The summed E-state index contributed by atoms with van der Waals surface area (Å²) in [6.45, 7) is 2.24. The Morgan fingerprint density at radius 2 is 2.25 bits per heavy atom. The first-order valence-electron chi connectivity index (χ1n) is 5.99. The van der Waals surface area contributed by atoms with Crippen molar-refractivity contribution < 1.29 is 4.92 Å². The van der Waals surface area contributed by atoms with Crippen LogP contribution in [0.5, 0.6) is 0 Å². The van der Waals surface area contributed by atoms with Gasteiger partial charge in [-0.1, -0.05) is 23.6 Å². The molecule has 0 aliphatic carbocycles. The van der Waals surface area contributed by atoms with Gasteiger partial charge in [-0.05, 0) is 11.6 Å². The molecule has 6 nitrogen and oxygen atoms in total. The van der Waals surface area contributed by atoms with Gasteiger partial charge in [0.2, 0.25) is 0 Å². The lowest BCUT2D eigenvalue weighted by atomic mass is 10.2. The number of halogens is 1. The second-order valence-corrected chi connectivity index (χ2v) is 4.70. The van der Waals surface area contributed by atoms with Crippen LogP contribution in [0.4, 0.5) is 0 Å². The van der Waals surface area contributed by atoms with Crippen LogP contribution in [0.25, 0.3) is 0 Å². The molecule has 1 aromatic rings. The van der Waals surface area contributed by atoms with Crippen LogP contribution in [0.2, 0.25) is 5.15 Å². The summed E-state index contributed by atoms with van der Waals surface area (Å²) in [5, 5.41) is 11.2. The van der Waals surface area contributed by atoms with Crippen LogP contribution in [0, 0.1) is 22.5 Å². The highest BCUT2D eigenvalue weighted by Crippen LogP contribution is 2.21. The van der Waals surface area contributed by atoms with Gasteiger partial charge in [-0.3, -0.25) is 10.1 Å². The Hall–Kier alpha value is -2.26. The quantitative estimate of drug-likeness (QED) is 0.365. The highest BCUT2D eigenvalue weighted by atomic mass is 35.5. The number of pyridine rings is 1. The van der Waals surface area contributed by atoms with Gasteiger partial charge in [0.25, 0.3) is 6.20 Å². The maximum absolute atomic E-state index is 10.7. The van der Waals surface area contributed by atoms with Crippen LogP contribution < -0.4 is 0 Å². The molecule has 0 N–H and O–H groups in total. The molecule has 0 unspecified atom stereocenters. The zero-order valence-electron chi connectivity index (χ0n) is 10.7. The smallest absolute Gasteiger partial charge is 0.274 e. The monoisotopic (exact) mass is 292 g/mol. The first-order chi connectivity index (χ1) is 9.60. The van der Waals surface area contributed by atoms with Crippen molar-refractivity contribution in [2.24, 2.45) is 0 Å². The third-order valence-corrected chi connectivity index (χ3v) is 3.18. The third kappa shape index (κ3) is 3.39. The maximum atomic E-state index is 10.7. The summed E-state index contributed by atoms with van der Waals surface area (Å²) in [7, 11) is 0. The predicted octanol–water partition coefficient (Wildman–Crippen LogP) is 1.56. The fourth-order valence-corrected chi connectivity index (χ4v) is 2.19. The SMILES string of the molecule is C#CCN1CCN(Cc2ccc(Cl)nc2)/C1=C/[N+](=O)[O-]. The van der Waals surface area contributed by atoms with Crippen LogP contribution in [-0.4, -0.2) is 39.3 Å². The predicted molar refractivity (Wildman–Crippen MR) is 75.1 cm³/mol. The Morgan fingerprint density at radius 1 is 1.50 bits per heavy atom. The molecular weight excluding hydrogens is 280 g/mol. The molecule has 20 heavy (non-hydrogen) atoms. The van der Waals surface area contributed by atoms with Crippen LogP contribution >= 0.6 is 11.6 Å². The number of nitro groups is 1.